The molecule has 0 bridgehead atoms. The summed E-state index contributed by atoms with van der Waals surface area (Å²) in [5, 5.41) is 3.18. The molecular weight excluding hydrogens is 208 g/mol. The number of nitrogens with one attached hydrogen (secondary N) is 1. The smallest absolute Gasteiger partial charge is 0.160 e. The number of hydrogen-bond acceptors (Lipinski definition) is 1. The Labute approximate surface area is 94.9 Å². The summed E-state index contributed by atoms with van der Waals surface area (Å²) in [6.07, 6.45) is 6.42. The van der Waals surface area contributed by atoms with Gasteiger partial charge in [-0.05, 0) is 37.0 Å². The molecule has 88 valence electrons. The van der Waals surface area contributed by atoms with Gasteiger partial charge in [0.25, 0.3) is 0 Å². The van der Waals surface area contributed by atoms with Crippen molar-refractivity contribution in [1.82, 2.24) is 0 Å². The molecule has 16 heavy (non-hydrogen) atoms. The zero-order chi connectivity index (χ0) is 11.4. The van der Waals surface area contributed by atoms with Crippen molar-refractivity contribution in [2.75, 3.05) is 11.9 Å². The molecule has 1 saturated carbocycles. The number of benzene rings is 1. The maximum absolute atomic E-state index is 12.9. The molecule has 1 N–H and O–H groups in total. The quantitative estimate of drug-likeness (QED) is 0.821. The third-order valence-electron chi connectivity index (χ3n) is 3.24. The van der Waals surface area contributed by atoms with Gasteiger partial charge in [-0.25, -0.2) is 8.78 Å². The Balaban J connectivity index is 1.86. The van der Waals surface area contributed by atoms with E-state index in [1.54, 1.807) is 6.07 Å². The third-order valence-corrected chi connectivity index (χ3v) is 3.24. The first-order valence-electron chi connectivity index (χ1n) is 5.94. The first kappa shape index (κ1) is 11.4. The lowest BCUT2D eigenvalue weighted by molar-refractivity contribution is 0.373. The molecule has 0 aromatic heterocycles. The molecule has 1 aliphatic carbocycles. The van der Waals surface area contributed by atoms with Crippen molar-refractivity contribution in [2.24, 2.45) is 5.92 Å². The average molecular weight is 225 g/mol. The lowest BCUT2D eigenvalue weighted by atomic mass is 9.89. The second kappa shape index (κ2) is 5.28. The standard InChI is InChI=1S/C13H17F2N/c14-12-7-6-11(8-13(12)15)16-9-10-4-2-1-3-5-10/h6-8,10,16H,1-5,9H2. The van der Waals surface area contributed by atoms with Crippen molar-refractivity contribution in [3.8, 4) is 0 Å². The van der Waals surface area contributed by atoms with Gasteiger partial charge in [0.1, 0.15) is 0 Å². The fourth-order valence-electron chi connectivity index (χ4n) is 2.26. The summed E-state index contributed by atoms with van der Waals surface area (Å²) < 4.78 is 25.6. The van der Waals surface area contributed by atoms with E-state index in [1.165, 1.54) is 44.2 Å². The summed E-state index contributed by atoms with van der Waals surface area (Å²) in [7, 11) is 0. The first-order chi connectivity index (χ1) is 7.75. The molecule has 2 rings (SSSR count). The van der Waals surface area contributed by atoms with E-state index in [0.29, 0.717) is 11.6 Å². The van der Waals surface area contributed by atoms with Crippen LogP contribution in [0.15, 0.2) is 18.2 Å². The molecule has 0 unspecified atom stereocenters. The van der Waals surface area contributed by atoms with Crippen molar-refractivity contribution in [2.45, 2.75) is 32.1 Å². The van der Waals surface area contributed by atoms with Gasteiger partial charge in [-0.1, -0.05) is 19.3 Å². The highest BCUT2D eigenvalue weighted by atomic mass is 19.2. The molecule has 0 amide bonds. The molecule has 1 aromatic rings. The van der Waals surface area contributed by atoms with Gasteiger partial charge >= 0.3 is 0 Å². The monoisotopic (exact) mass is 225 g/mol. The van der Waals surface area contributed by atoms with E-state index in [2.05, 4.69) is 5.32 Å². The average Bonchev–Trinajstić information content (AvgIpc) is 2.32. The van der Waals surface area contributed by atoms with Gasteiger partial charge in [-0.15, -0.1) is 0 Å². The first-order valence-corrected chi connectivity index (χ1v) is 5.94. The molecule has 0 atom stereocenters. The van der Waals surface area contributed by atoms with Crippen molar-refractivity contribution in [3.63, 3.8) is 0 Å². The maximum atomic E-state index is 12.9. The minimum absolute atomic E-state index is 0.671. The van der Waals surface area contributed by atoms with E-state index in [-0.39, 0.29) is 0 Å². The van der Waals surface area contributed by atoms with Crippen LogP contribution in [-0.4, -0.2) is 6.54 Å². The Bertz CT molecular complexity index is 346. The highest BCUT2D eigenvalue weighted by molar-refractivity contribution is 5.43. The van der Waals surface area contributed by atoms with E-state index in [1.807, 2.05) is 0 Å². The van der Waals surface area contributed by atoms with Gasteiger partial charge in [0.15, 0.2) is 11.6 Å². The molecule has 0 spiro atoms. The molecule has 1 aliphatic rings. The molecule has 0 saturated heterocycles. The molecule has 1 aromatic carbocycles. The highest BCUT2D eigenvalue weighted by Crippen LogP contribution is 2.24. The van der Waals surface area contributed by atoms with Crippen molar-refractivity contribution < 1.29 is 8.78 Å². The molecule has 1 fully saturated rings. The third kappa shape index (κ3) is 2.94. The Morgan fingerprint density at radius 2 is 1.81 bits per heavy atom. The largest absolute Gasteiger partial charge is 0.385 e. The SMILES string of the molecule is Fc1ccc(NCC2CCCCC2)cc1F. The normalized spacial score (nSPS) is 17.4. The van der Waals surface area contributed by atoms with Crippen molar-refractivity contribution in [1.29, 1.82) is 0 Å². The lowest BCUT2D eigenvalue weighted by Gasteiger charge is -2.22. The number of halogens is 2. The van der Waals surface area contributed by atoms with Crippen LogP contribution in [0.2, 0.25) is 0 Å². The summed E-state index contributed by atoms with van der Waals surface area (Å²) >= 11 is 0. The number of anilines is 1. The van der Waals surface area contributed by atoms with Crippen LogP contribution in [0.3, 0.4) is 0 Å². The predicted molar refractivity (Wildman–Crippen MR) is 61.4 cm³/mol. The lowest BCUT2D eigenvalue weighted by Crippen LogP contribution is -2.17. The zero-order valence-electron chi connectivity index (χ0n) is 9.31. The molecule has 1 nitrogen and oxygen atoms in total. The Morgan fingerprint density at radius 1 is 1.06 bits per heavy atom. The van der Waals surface area contributed by atoms with Crippen molar-refractivity contribution >= 4 is 5.69 Å². The summed E-state index contributed by atoms with van der Waals surface area (Å²) in [5.74, 6) is -0.890. The Kier molecular flexibility index (Phi) is 3.75. The van der Waals surface area contributed by atoms with Crippen LogP contribution in [0.1, 0.15) is 32.1 Å². The number of hydrogen-bond donors (Lipinski definition) is 1. The summed E-state index contributed by atoms with van der Waals surface area (Å²) in [6, 6.07) is 3.97. The Morgan fingerprint density at radius 3 is 2.50 bits per heavy atom. The van der Waals surface area contributed by atoms with E-state index in [0.717, 1.165) is 6.54 Å². The molecule has 3 heteroatoms. The fourth-order valence-corrected chi connectivity index (χ4v) is 2.26. The van der Waals surface area contributed by atoms with Crippen LogP contribution in [0.25, 0.3) is 0 Å². The van der Waals surface area contributed by atoms with Gasteiger partial charge in [0, 0.05) is 12.2 Å². The summed E-state index contributed by atoms with van der Waals surface area (Å²) in [5.41, 5.74) is 0.671. The van der Waals surface area contributed by atoms with Gasteiger partial charge in [0.05, 0.1) is 0 Å². The minimum Gasteiger partial charge on any atom is -0.385 e. The summed E-state index contributed by atoms with van der Waals surface area (Å²) in [6.45, 7) is 0.866. The second-order valence-electron chi connectivity index (χ2n) is 4.51. The topological polar surface area (TPSA) is 12.0 Å². The van der Waals surface area contributed by atoms with Crippen molar-refractivity contribution in [3.05, 3.63) is 29.8 Å². The van der Waals surface area contributed by atoms with Gasteiger partial charge < -0.3 is 5.32 Å². The second-order valence-corrected chi connectivity index (χ2v) is 4.51. The zero-order valence-corrected chi connectivity index (χ0v) is 9.31. The van der Waals surface area contributed by atoms with Crippen LogP contribution < -0.4 is 5.32 Å². The highest BCUT2D eigenvalue weighted by Gasteiger charge is 2.13. The van der Waals surface area contributed by atoms with E-state index in [4.69, 9.17) is 0 Å². The molecule has 0 heterocycles. The van der Waals surface area contributed by atoms with Crippen LogP contribution >= 0.6 is 0 Å². The van der Waals surface area contributed by atoms with Gasteiger partial charge in [-0.2, -0.15) is 0 Å². The van der Waals surface area contributed by atoms with Crippen LogP contribution in [0.5, 0.6) is 0 Å². The number of rotatable bonds is 3. The van der Waals surface area contributed by atoms with Crippen LogP contribution in [0.4, 0.5) is 14.5 Å². The van der Waals surface area contributed by atoms with E-state index >= 15 is 0 Å². The summed E-state index contributed by atoms with van der Waals surface area (Å²) in [4.78, 5) is 0. The van der Waals surface area contributed by atoms with Crippen LogP contribution in [-0.2, 0) is 0 Å². The van der Waals surface area contributed by atoms with Crippen LogP contribution in [0, 0.1) is 17.6 Å². The Hall–Kier alpha value is -1.12. The van der Waals surface area contributed by atoms with E-state index < -0.39 is 11.6 Å². The van der Waals surface area contributed by atoms with Gasteiger partial charge in [-0.3, -0.25) is 0 Å². The fraction of sp³-hybridized carbons (Fsp3) is 0.538. The van der Waals surface area contributed by atoms with E-state index in [9.17, 15) is 8.78 Å². The minimum atomic E-state index is -0.789. The molecular formula is C13H17F2N. The molecule has 0 aliphatic heterocycles. The van der Waals surface area contributed by atoms with Gasteiger partial charge in [0.2, 0.25) is 0 Å². The predicted octanol–water partition coefficient (Wildman–Crippen LogP) is 3.96. The maximum Gasteiger partial charge on any atom is 0.160 e. The molecule has 0 radical (unpaired) electrons.